The molecule has 0 bridgehead atoms. The molecule has 0 aliphatic carbocycles. The SMILES string of the molecule is CN(C)CCc1ncc2n1C(C(=O)O)CCC2. The summed E-state index contributed by atoms with van der Waals surface area (Å²) >= 11 is 0. The highest BCUT2D eigenvalue weighted by Gasteiger charge is 2.28. The topological polar surface area (TPSA) is 58.4 Å². The van der Waals surface area contributed by atoms with Crippen molar-refractivity contribution >= 4 is 5.97 Å². The summed E-state index contributed by atoms with van der Waals surface area (Å²) in [6.45, 7) is 0.892. The Labute approximate surface area is 101 Å². The zero-order valence-electron chi connectivity index (χ0n) is 10.4. The van der Waals surface area contributed by atoms with Crippen molar-refractivity contribution in [1.29, 1.82) is 0 Å². The van der Waals surface area contributed by atoms with Crippen LogP contribution in [-0.2, 0) is 17.6 Å². The maximum Gasteiger partial charge on any atom is 0.326 e. The molecule has 1 atom stereocenters. The summed E-state index contributed by atoms with van der Waals surface area (Å²) < 4.78 is 1.93. The van der Waals surface area contributed by atoms with Gasteiger partial charge in [-0.3, -0.25) is 0 Å². The monoisotopic (exact) mass is 237 g/mol. The number of carboxylic acids is 1. The second-order valence-electron chi connectivity index (χ2n) is 4.84. The van der Waals surface area contributed by atoms with Crippen molar-refractivity contribution < 1.29 is 9.90 Å². The molecule has 1 aromatic rings. The first-order valence-corrected chi connectivity index (χ1v) is 6.02. The highest BCUT2D eigenvalue weighted by molar-refractivity contribution is 5.72. The lowest BCUT2D eigenvalue weighted by molar-refractivity contribution is -0.141. The predicted octanol–water partition coefficient (Wildman–Crippen LogP) is 0.949. The van der Waals surface area contributed by atoms with Gasteiger partial charge in [0.15, 0.2) is 0 Å². The van der Waals surface area contributed by atoms with Gasteiger partial charge in [-0.15, -0.1) is 0 Å². The Bertz CT molecular complexity index is 412. The molecule has 1 aliphatic heterocycles. The van der Waals surface area contributed by atoms with E-state index in [0.717, 1.165) is 37.3 Å². The minimum absolute atomic E-state index is 0.418. The van der Waals surface area contributed by atoms with Gasteiger partial charge in [0, 0.05) is 24.9 Å². The van der Waals surface area contributed by atoms with Crippen molar-refractivity contribution in [3.8, 4) is 0 Å². The van der Waals surface area contributed by atoms with E-state index < -0.39 is 12.0 Å². The van der Waals surface area contributed by atoms with E-state index >= 15 is 0 Å². The molecule has 0 saturated heterocycles. The van der Waals surface area contributed by atoms with Crippen LogP contribution in [0.2, 0.25) is 0 Å². The molecule has 5 nitrogen and oxygen atoms in total. The number of likely N-dealkylation sites (N-methyl/N-ethyl adjacent to an activating group) is 1. The van der Waals surface area contributed by atoms with Crippen LogP contribution < -0.4 is 0 Å². The summed E-state index contributed by atoms with van der Waals surface area (Å²) in [5.74, 6) is 0.163. The third kappa shape index (κ3) is 2.49. The molecule has 0 aromatic carbocycles. The van der Waals surface area contributed by atoms with Crippen molar-refractivity contribution in [1.82, 2.24) is 14.5 Å². The summed E-state index contributed by atoms with van der Waals surface area (Å²) in [6, 6.07) is -0.418. The van der Waals surface area contributed by atoms with Crippen LogP contribution in [0.1, 0.15) is 30.4 Å². The van der Waals surface area contributed by atoms with Gasteiger partial charge in [-0.2, -0.15) is 0 Å². The number of nitrogens with zero attached hydrogens (tertiary/aromatic N) is 3. The van der Waals surface area contributed by atoms with E-state index in [1.165, 1.54) is 0 Å². The van der Waals surface area contributed by atoms with Crippen LogP contribution in [0.25, 0.3) is 0 Å². The van der Waals surface area contributed by atoms with Crippen molar-refractivity contribution in [2.75, 3.05) is 20.6 Å². The summed E-state index contributed by atoms with van der Waals surface area (Å²) in [7, 11) is 4.02. The summed E-state index contributed by atoms with van der Waals surface area (Å²) in [5.41, 5.74) is 1.07. The summed E-state index contributed by atoms with van der Waals surface area (Å²) in [6.07, 6.45) is 5.24. The molecule has 0 saturated carbocycles. The Hall–Kier alpha value is -1.36. The molecule has 0 spiro atoms. The molecule has 5 heteroatoms. The van der Waals surface area contributed by atoms with Gasteiger partial charge in [0.05, 0.1) is 0 Å². The highest BCUT2D eigenvalue weighted by atomic mass is 16.4. The largest absolute Gasteiger partial charge is 0.480 e. The molecular weight excluding hydrogens is 218 g/mol. The van der Waals surface area contributed by atoms with Gasteiger partial charge in [0.1, 0.15) is 11.9 Å². The third-order valence-corrected chi connectivity index (χ3v) is 3.24. The Balaban J connectivity index is 2.24. The average Bonchev–Trinajstić information content (AvgIpc) is 2.69. The number of imidazole rings is 1. The quantitative estimate of drug-likeness (QED) is 0.847. The molecular formula is C12H19N3O2. The van der Waals surface area contributed by atoms with Crippen molar-refractivity contribution in [3.63, 3.8) is 0 Å². The van der Waals surface area contributed by atoms with E-state index in [0.29, 0.717) is 6.42 Å². The molecule has 0 amide bonds. The molecule has 2 heterocycles. The number of carboxylic acid groups (broad SMARTS) is 1. The van der Waals surface area contributed by atoms with Gasteiger partial charge >= 0.3 is 5.97 Å². The minimum atomic E-state index is -0.741. The van der Waals surface area contributed by atoms with Crippen LogP contribution in [0, 0.1) is 0 Å². The van der Waals surface area contributed by atoms with Crippen LogP contribution in [0.3, 0.4) is 0 Å². The molecule has 1 aliphatic rings. The zero-order chi connectivity index (χ0) is 12.4. The van der Waals surface area contributed by atoms with Crippen LogP contribution in [-0.4, -0.2) is 46.2 Å². The van der Waals surface area contributed by atoms with Crippen LogP contribution in [0.15, 0.2) is 6.20 Å². The first kappa shape index (κ1) is 12.1. The lowest BCUT2D eigenvalue weighted by Gasteiger charge is -2.24. The Morgan fingerprint density at radius 3 is 3.06 bits per heavy atom. The Morgan fingerprint density at radius 1 is 1.65 bits per heavy atom. The fraction of sp³-hybridized carbons (Fsp3) is 0.667. The number of carbonyl (C=O) groups is 1. The smallest absolute Gasteiger partial charge is 0.326 e. The number of rotatable bonds is 4. The second-order valence-corrected chi connectivity index (χ2v) is 4.84. The van der Waals surface area contributed by atoms with E-state index in [-0.39, 0.29) is 0 Å². The maximum atomic E-state index is 11.2. The van der Waals surface area contributed by atoms with Gasteiger partial charge in [-0.05, 0) is 33.4 Å². The lowest BCUT2D eigenvalue weighted by atomic mass is 10.0. The average molecular weight is 237 g/mol. The van der Waals surface area contributed by atoms with Gasteiger partial charge in [0.25, 0.3) is 0 Å². The third-order valence-electron chi connectivity index (χ3n) is 3.24. The van der Waals surface area contributed by atoms with Crippen LogP contribution >= 0.6 is 0 Å². The Kier molecular flexibility index (Phi) is 3.47. The van der Waals surface area contributed by atoms with Crippen LogP contribution in [0.5, 0.6) is 0 Å². The van der Waals surface area contributed by atoms with E-state index in [1.54, 1.807) is 0 Å². The van der Waals surface area contributed by atoms with Crippen molar-refractivity contribution in [3.05, 3.63) is 17.7 Å². The highest BCUT2D eigenvalue weighted by Crippen LogP contribution is 2.26. The molecule has 94 valence electrons. The maximum absolute atomic E-state index is 11.2. The minimum Gasteiger partial charge on any atom is -0.480 e. The number of hydrogen-bond acceptors (Lipinski definition) is 3. The normalized spacial score (nSPS) is 19.4. The van der Waals surface area contributed by atoms with Crippen molar-refractivity contribution in [2.45, 2.75) is 31.7 Å². The molecule has 2 rings (SSSR count). The molecule has 1 N–H and O–H groups in total. The molecule has 1 unspecified atom stereocenters. The molecule has 0 fully saturated rings. The predicted molar refractivity (Wildman–Crippen MR) is 64.1 cm³/mol. The number of aryl methyl sites for hydroxylation is 1. The van der Waals surface area contributed by atoms with Gasteiger partial charge in [0.2, 0.25) is 0 Å². The number of hydrogen-bond donors (Lipinski definition) is 1. The van der Waals surface area contributed by atoms with Crippen LogP contribution in [0.4, 0.5) is 0 Å². The van der Waals surface area contributed by atoms with Gasteiger partial charge in [-0.1, -0.05) is 0 Å². The van der Waals surface area contributed by atoms with Gasteiger partial charge in [-0.25, -0.2) is 9.78 Å². The van der Waals surface area contributed by atoms with E-state index in [2.05, 4.69) is 9.88 Å². The number of aliphatic carboxylic acids is 1. The van der Waals surface area contributed by atoms with Crippen molar-refractivity contribution in [2.24, 2.45) is 0 Å². The Morgan fingerprint density at radius 2 is 2.41 bits per heavy atom. The molecule has 0 radical (unpaired) electrons. The second kappa shape index (κ2) is 4.87. The zero-order valence-corrected chi connectivity index (χ0v) is 10.4. The standard InChI is InChI=1S/C12H19N3O2/c1-14(2)7-6-11-13-8-9-4-3-5-10(12(16)17)15(9)11/h8,10H,3-7H2,1-2H3,(H,16,17). The fourth-order valence-corrected chi connectivity index (χ4v) is 2.35. The van der Waals surface area contributed by atoms with E-state index in [9.17, 15) is 9.90 Å². The van der Waals surface area contributed by atoms with Gasteiger partial charge < -0.3 is 14.6 Å². The number of aromatic nitrogens is 2. The fourth-order valence-electron chi connectivity index (χ4n) is 2.35. The first-order valence-electron chi connectivity index (χ1n) is 6.02. The summed E-state index contributed by atoms with van der Waals surface area (Å²) in [4.78, 5) is 17.7. The molecule has 17 heavy (non-hydrogen) atoms. The lowest BCUT2D eigenvalue weighted by Crippen LogP contribution is -2.27. The number of fused-ring (bicyclic) bond motifs is 1. The summed E-state index contributed by atoms with van der Waals surface area (Å²) in [5, 5.41) is 9.25. The van der Waals surface area contributed by atoms with E-state index in [1.807, 2.05) is 24.9 Å². The first-order chi connectivity index (χ1) is 8.09. The molecule has 1 aromatic heterocycles. The van der Waals surface area contributed by atoms with E-state index in [4.69, 9.17) is 0 Å².